The van der Waals surface area contributed by atoms with Gasteiger partial charge in [-0.15, -0.1) is 0 Å². The summed E-state index contributed by atoms with van der Waals surface area (Å²) in [6.07, 6.45) is 1.34. The first-order valence-corrected chi connectivity index (χ1v) is 6.82. The second-order valence-corrected chi connectivity index (χ2v) is 4.92. The topological polar surface area (TPSA) is 60.2 Å². The van der Waals surface area contributed by atoms with Crippen molar-refractivity contribution in [1.82, 2.24) is 15.5 Å². The van der Waals surface area contributed by atoms with E-state index in [0.717, 1.165) is 5.75 Å². The molecule has 0 aliphatic rings. The van der Waals surface area contributed by atoms with Gasteiger partial charge in [-0.3, -0.25) is 0 Å². The molecule has 1 unspecified atom stereocenters. The van der Waals surface area contributed by atoms with Gasteiger partial charge in [0.2, 0.25) is 6.39 Å². The SMILES string of the molecule is COc1ccc2cc(C(C)NCc3ncon3)ccc2c1. The van der Waals surface area contributed by atoms with Gasteiger partial charge in [-0.2, -0.15) is 4.98 Å². The molecule has 0 spiro atoms. The zero-order valence-electron chi connectivity index (χ0n) is 12.0. The van der Waals surface area contributed by atoms with Crippen LogP contribution in [0.3, 0.4) is 0 Å². The fourth-order valence-corrected chi connectivity index (χ4v) is 2.27. The van der Waals surface area contributed by atoms with E-state index in [4.69, 9.17) is 9.26 Å². The van der Waals surface area contributed by atoms with E-state index >= 15 is 0 Å². The molecule has 3 aromatic rings. The van der Waals surface area contributed by atoms with Crippen LogP contribution in [0.15, 0.2) is 47.3 Å². The molecule has 0 bridgehead atoms. The minimum atomic E-state index is 0.204. The van der Waals surface area contributed by atoms with E-state index in [1.807, 2.05) is 12.1 Å². The highest BCUT2D eigenvalue weighted by Crippen LogP contribution is 2.24. The Kier molecular flexibility index (Phi) is 3.83. The monoisotopic (exact) mass is 283 g/mol. The lowest BCUT2D eigenvalue weighted by molar-refractivity contribution is 0.405. The summed E-state index contributed by atoms with van der Waals surface area (Å²) in [7, 11) is 1.68. The van der Waals surface area contributed by atoms with E-state index in [1.165, 1.54) is 22.7 Å². The van der Waals surface area contributed by atoms with E-state index in [2.05, 4.69) is 46.6 Å². The summed E-state index contributed by atoms with van der Waals surface area (Å²) >= 11 is 0. The third-order valence-electron chi connectivity index (χ3n) is 3.54. The second-order valence-electron chi connectivity index (χ2n) is 4.92. The van der Waals surface area contributed by atoms with Crippen molar-refractivity contribution in [3.05, 3.63) is 54.2 Å². The van der Waals surface area contributed by atoms with Crippen LogP contribution in [0.25, 0.3) is 10.8 Å². The Balaban J connectivity index is 1.76. The molecule has 1 heterocycles. The smallest absolute Gasteiger partial charge is 0.213 e. The van der Waals surface area contributed by atoms with Gasteiger partial charge in [0.05, 0.1) is 13.7 Å². The van der Waals surface area contributed by atoms with Gasteiger partial charge in [-0.1, -0.05) is 23.4 Å². The normalized spacial score (nSPS) is 12.5. The van der Waals surface area contributed by atoms with Crippen LogP contribution < -0.4 is 10.1 Å². The maximum atomic E-state index is 5.24. The zero-order valence-corrected chi connectivity index (χ0v) is 12.0. The Morgan fingerprint density at radius 2 is 2.00 bits per heavy atom. The number of fused-ring (bicyclic) bond motifs is 1. The first-order chi connectivity index (χ1) is 10.3. The molecular formula is C16H17N3O2. The van der Waals surface area contributed by atoms with Crippen LogP contribution in [0.2, 0.25) is 0 Å². The maximum absolute atomic E-state index is 5.24. The van der Waals surface area contributed by atoms with Crippen LogP contribution in [0.5, 0.6) is 5.75 Å². The molecule has 0 radical (unpaired) electrons. The van der Waals surface area contributed by atoms with E-state index in [0.29, 0.717) is 12.4 Å². The molecule has 3 rings (SSSR count). The van der Waals surface area contributed by atoms with Crippen molar-refractivity contribution in [2.45, 2.75) is 19.5 Å². The van der Waals surface area contributed by atoms with E-state index in [1.54, 1.807) is 7.11 Å². The van der Waals surface area contributed by atoms with Crippen molar-refractivity contribution in [3.8, 4) is 5.75 Å². The molecule has 108 valence electrons. The molecule has 21 heavy (non-hydrogen) atoms. The van der Waals surface area contributed by atoms with Crippen LogP contribution in [-0.4, -0.2) is 17.3 Å². The van der Waals surface area contributed by atoms with Gasteiger partial charge in [0.1, 0.15) is 5.75 Å². The number of ether oxygens (including phenoxy) is 1. The number of hydrogen-bond acceptors (Lipinski definition) is 5. The van der Waals surface area contributed by atoms with Crippen molar-refractivity contribution < 1.29 is 9.26 Å². The van der Waals surface area contributed by atoms with Crippen molar-refractivity contribution in [1.29, 1.82) is 0 Å². The number of hydrogen-bond donors (Lipinski definition) is 1. The second kappa shape index (κ2) is 5.93. The summed E-state index contributed by atoms with van der Waals surface area (Å²) < 4.78 is 9.96. The van der Waals surface area contributed by atoms with E-state index in [-0.39, 0.29) is 6.04 Å². The third kappa shape index (κ3) is 3.03. The summed E-state index contributed by atoms with van der Waals surface area (Å²) in [5.74, 6) is 1.53. The molecule has 1 N–H and O–H groups in total. The number of aromatic nitrogens is 2. The van der Waals surface area contributed by atoms with Crippen LogP contribution in [0.1, 0.15) is 24.4 Å². The average molecular weight is 283 g/mol. The first kappa shape index (κ1) is 13.6. The summed E-state index contributed by atoms with van der Waals surface area (Å²) in [5, 5.41) is 9.53. The number of rotatable bonds is 5. The lowest BCUT2D eigenvalue weighted by atomic mass is 10.0. The van der Waals surface area contributed by atoms with Gasteiger partial charge < -0.3 is 14.6 Å². The quantitative estimate of drug-likeness (QED) is 0.779. The highest BCUT2D eigenvalue weighted by Gasteiger charge is 2.08. The largest absolute Gasteiger partial charge is 0.497 e. The lowest BCUT2D eigenvalue weighted by Gasteiger charge is -2.14. The number of nitrogens with zero attached hydrogens (tertiary/aromatic N) is 2. The molecule has 0 aliphatic heterocycles. The Morgan fingerprint density at radius 1 is 1.19 bits per heavy atom. The van der Waals surface area contributed by atoms with Gasteiger partial charge in [-0.25, -0.2) is 0 Å². The molecule has 0 aliphatic carbocycles. The van der Waals surface area contributed by atoms with Gasteiger partial charge in [0.15, 0.2) is 5.82 Å². The minimum absolute atomic E-state index is 0.204. The summed E-state index contributed by atoms with van der Waals surface area (Å²) in [5.41, 5.74) is 1.22. The summed E-state index contributed by atoms with van der Waals surface area (Å²) in [4.78, 5) is 4.00. The third-order valence-corrected chi connectivity index (χ3v) is 3.54. The summed E-state index contributed by atoms with van der Waals surface area (Å²) in [6, 6.07) is 12.7. The molecule has 1 aromatic heterocycles. The molecule has 5 nitrogen and oxygen atoms in total. The summed E-state index contributed by atoms with van der Waals surface area (Å²) in [6.45, 7) is 2.70. The standard InChI is InChI=1S/C16H17N3O2/c1-11(17-9-16-18-10-21-19-16)12-3-4-14-8-15(20-2)6-5-13(14)7-12/h3-8,10-11,17H,9H2,1-2H3. The van der Waals surface area contributed by atoms with E-state index in [9.17, 15) is 0 Å². The van der Waals surface area contributed by atoms with Crippen molar-refractivity contribution in [3.63, 3.8) is 0 Å². The molecule has 1 atom stereocenters. The highest BCUT2D eigenvalue weighted by molar-refractivity contribution is 5.84. The molecular weight excluding hydrogens is 266 g/mol. The molecule has 0 saturated carbocycles. The fourth-order valence-electron chi connectivity index (χ4n) is 2.27. The first-order valence-electron chi connectivity index (χ1n) is 6.82. The Bertz CT molecular complexity index is 725. The molecule has 5 heteroatoms. The van der Waals surface area contributed by atoms with Crippen LogP contribution in [0.4, 0.5) is 0 Å². The van der Waals surface area contributed by atoms with Crippen molar-refractivity contribution in [2.75, 3.05) is 7.11 Å². The predicted molar refractivity (Wildman–Crippen MR) is 80.1 cm³/mol. The molecule has 2 aromatic carbocycles. The average Bonchev–Trinajstić information content (AvgIpc) is 3.05. The molecule has 0 saturated heterocycles. The highest BCUT2D eigenvalue weighted by atomic mass is 16.5. The number of benzene rings is 2. The van der Waals surface area contributed by atoms with Crippen LogP contribution >= 0.6 is 0 Å². The predicted octanol–water partition coefficient (Wildman–Crippen LogP) is 3.08. The van der Waals surface area contributed by atoms with Gasteiger partial charge >= 0.3 is 0 Å². The minimum Gasteiger partial charge on any atom is -0.497 e. The maximum Gasteiger partial charge on any atom is 0.213 e. The van der Waals surface area contributed by atoms with Crippen molar-refractivity contribution >= 4 is 10.8 Å². The van der Waals surface area contributed by atoms with Crippen molar-refractivity contribution in [2.24, 2.45) is 0 Å². The van der Waals surface area contributed by atoms with Gasteiger partial charge in [-0.05, 0) is 41.5 Å². The Morgan fingerprint density at radius 3 is 2.76 bits per heavy atom. The lowest BCUT2D eigenvalue weighted by Crippen LogP contribution is -2.18. The Hall–Kier alpha value is -2.40. The number of methoxy groups -OCH3 is 1. The molecule has 0 amide bonds. The Labute approximate surface area is 122 Å². The zero-order chi connectivity index (χ0) is 14.7. The van der Waals surface area contributed by atoms with Gasteiger partial charge in [0.25, 0.3) is 0 Å². The van der Waals surface area contributed by atoms with Crippen LogP contribution in [-0.2, 0) is 6.54 Å². The fraction of sp³-hybridized carbons (Fsp3) is 0.250. The van der Waals surface area contributed by atoms with Gasteiger partial charge in [0, 0.05) is 6.04 Å². The van der Waals surface area contributed by atoms with E-state index < -0.39 is 0 Å². The number of nitrogens with one attached hydrogen (secondary N) is 1. The van der Waals surface area contributed by atoms with Crippen LogP contribution in [0, 0.1) is 0 Å². The molecule has 0 fully saturated rings.